The Morgan fingerprint density at radius 2 is 0.935 bits per heavy atom. The molecule has 18 nitrogen and oxygen atoms in total. The van der Waals surface area contributed by atoms with Gasteiger partial charge in [-0.15, -0.1) is 0 Å². The third-order valence-electron chi connectivity index (χ3n) is 7.01. The Bertz CT molecular complexity index is 2050. The number of carbonyl (C=O) groups is 2. The fourth-order valence-corrected chi connectivity index (χ4v) is 4.68. The SMILES string of the molecule is Cc1c(C(=O)Nc2cc3nc4ccccc4nc3cc2NC(=O)c2cc([N+](=O)[O-])cc([N+](=O)[O-])c2C)cc([N+](=O)[O-])cc1[N+](=O)[O-]. The second-order valence-electron chi connectivity index (χ2n) is 9.81. The first kappa shape index (κ1) is 30.5. The molecular formula is C28H18N8O10. The number of aromatic nitrogens is 2. The molecule has 0 aliphatic carbocycles. The summed E-state index contributed by atoms with van der Waals surface area (Å²) in [5.74, 6) is -2.04. The van der Waals surface area contributed by atoms with Crippen LogP contribution in [0, 0.1) is 54.3 Å². The van der Waals surface area contributed by atoms with Crippen molar-refractivity contribution in [3.63, 3.8) is 0 Å². The molecule has 4 aromatic carbocycles. The van der Waals surface area contributed by atoms with Gasteiger partial charge >= 0.3 is 0 Å². The van der Waals surface area contributed by atoms with Crippen molar-refractivity contribution in [3.8, 4) is 0 Å². The van der Waals surface area contributed by atoms with Gasteiger partial charge in [0.2, 0.25) is 0 Å². The van der Waals surface area contributed by atoms with E-state index < -0.39 is 65.4 Å². The topological polar surface area (TPSA) is 257 Å². The molecule has 0 saturated heterocycles. The zero-order valence-corrected chi connectivity index (χ0v) is 23.5. The third-order valence-corrected chi connectivity index (χ3v) is 7.01. The van der Waals surface area contributed by atoms with Crippen LogP contribution in [0.15, 0.2) is 60.7 Å². The van der Waals surface area contributed by atoms with Gasteiger partial charge in [0.15, 0.2) is 0 Å². The average molecular weight is 626 g/mol. The van der Waals surface area contributed by atoms with Gasteiger partial charge in [-0.3, -0.25) is 50.0 Å². The lowest BCUT2D eigenvalue weighted by molar-refractivity contribution is -0.394. The van der Waals surface area contributed by atoms with E-state index in [1.807, 2.05) is 0 Å². The van der Waals surface area contributed by atoms with Crippen molar-refractivity contribution in [2.45, 2.75) is 13.8 Å². The molecule has 1 aromatic heterocycles. The largest absolute Gasteiger partial charge is 0.320 e. The summed E-state index contributed by atoms with van der Waals surface area (Å²) in [5, 5.41) is 51.0. The highest BCUT2D eigenvalue weighted by molar-refractivity contribution is 6.13. The molecule has 230 valence electrons. The maximum Gasteiger partial charge on any atom is 0.279 e. The van der Waals surface area contributed by atoms with Crippen LogP contribution in [0.3, 0.4) is 0 Å². The Kier molecular flexibility index (Phi) is 7.69. The number of nitro benzene ring substituents is 4. The van der Waals surface area contributed by atoms with Gasteiger partial charge in [0.25, 0.3) is 34.6 Å². The number of nitro groups is 4. The first-order valence-electron chi connectivity index (χ1n) is 12.9. The van der Waals surface area contributed by atoms with E-state index in [1.54, 1.807) is 24.3 Å². The van der Waals surface area contributed by atoms with Crippen LogP contribution in [0.4, 0.5) is 34.1 Å². The standard InChI is InChI=1S/C28H18N8O10/c1-13-17(7-15(33(39)40)9-25(13)35(43)44)27(37)31-23-11-21-22(30-20-6-4-3-5-19(20)29-21)12-24(23)32-28(38)18-8-16(34(41)42)10-26(14(18)2)36(45)46/h3-12H,1-2H3,(H,31,37)(H,32,38). The van der Waals surface area contributed by atoms with E-state index in [1.165, 1.54) is 26.0 Å². The van der Waals surface area contributed by atoms with Gasteiger partial charge in [-0.05, 0) is 38.1 Å². The molecule has 5 aromatic rings. The molecule has 0 saturated carbocycles. The van der Waals surface area contributed by atoms with Crippen LogP contribution in [0.2, 0.25) is 0 Å². The summed E-state index contributed by atoms with van der Waals surface area (Å²) in [6, 6.07) is 12.6. The number of nitrogens with zero attached hydrogens (tertiary/aromatic N) is 6. The molecule has 18 heteroatoms. The molecule has 0 bridgehead atoms. The van der Waals surface area contributed by atoms with Crippen molar-refractivity contribution in [2.24, 2.45) is 0 Å². The smallest absolute Gasteiger partial charge is 0.279 e. The van der Waals surface area contributed by atoms with E-state index in [4.69, 9.17) is 0 Å². The number of amides is 2. The third kappa shape index (κ3) is 5.67. The van der Waals surface area contributed by atoms with E-state index in [9.17, 15) is 50.0 Å². The van der Waals surface area contributed by atoms with Crippen molar-refractivity contribution >= 4 is 68.0 Å². The van der Waals surface area contributed by atoms with E-state index >= 15 is 0 Å². The minimum atomic E-state index is -1.02. The van der Waals surface area contributed by atoms with Crippen LogP contribution < -0.4 is 10.6 Å². The van der Waals surface area contributed by atoms with Crippen molar-refractivity contribution in [2.75, 3.05) is 10.6 Å². The molecular weight excluding hydrogens is 608 g/mol. The Balaban J connectivity index is 1.65. The molecule has 0 spiro atoms. The maximum atomic E-state index is 13.5. The molecule has 0 aliphatic rings. The lowest BCUT2D eigenvalue weighted by Crippen LogP contribution is -2.19. The van der Waals surface area contributed by atoms with Gasteiger partial charge in [-0.1, -0.05) is 12.1 Å². The first-order valence-corrected chi connectivity index (χ1v) is 12.9. The van der Waals surface area contributed by atoms with Crippen molar-refractivity contribution < 1.29 is 29.3 Å². The highest BCUT2D eigenvalue weighted by Crippen LogP contribution is 2.33. The molecule has 2 N–H and O–H groups in total. The summed E-state index contributed by atoms with van der Waals surface area (Å²) in [6.07, 6.45) is 0. The van der Waals surface area contributed by atoms with E-state index in [-0.39, 0.29) is 33.5 Å². The molecule has 0 fully saturated rings. The quantitative estimate of drug-likeness (QED) is 0.122. The van der Waals surface area contributed by atoms with Crippen LogP contribution in [0.5, 0.6) is 0 Å². The van der Waals surface area contributed by atoms with Crippen LogP contribution in [-0.4, -0.2) is 41.5 Å². The summed E-state index contributed by atoms with van der Waals surface area (Å²) >= 11 is 0. The monoisotopic (exact) mass is 626 g/mol. The summed E-state index contributed by atoms with van der Waals surface area (Å²) in [4.78, 5) is 78.4. The van der Waals surface area contributed by atoms with Gasteiger partial charge in [0, 0.05) is 23.3 Å². The number of non-ortho nitro benzene ring substituents is 2. The fraction of sp³-hybridized carbons (Fsp3) is 0.0714. The Hall–Kier alpha value is -6.98. The number of hydrogen-bond acceptors (Lipinski definition) is 12. The number of rotatable bonds is 8. The van der Waals surface area contributed by atoms with Gasteiger partial charge in [-0.2, -0.15) is 0 Å². The average Bonchev–Trinajstić information content (AvgIpc) is 2.99. The second-order valence-corrected chi connectivity index (χ2v) is 9.81. The number of hydrogen-bond donors (Lipinski definition) is 2. The summed E-state index contributed by atoms with van der Waals surface area (Å²) in [6.45, 7) is 2.46. The number of fused-ring (bicyclic) bond motifs is 2. The molecule has 1 heterocycles. The minimum absolute atomic E-state index is 0.137. The van der Waals surface area contributed by atoms with Gasteiger partial charge in [0.1, 0.15) is 0 Å². The Morgan fingerprint density at radius 1 is 0.565 bits per heavy atom. The van der Waals surface area contributed by atoms with Crippen LogP contribution in [-0.2, 0) is 0 Å². The maximum absolute atomic E-state index is 13.5. The van der Waals surface area contributed by atoms with Crippen LogP contribution in [0.25, 0.3) is 22.1 Å². The summed E-state index contributed by atoms with van der Waals surface area (Å²) in [7, 11) is 0. The van der Waals surface area contributed by atoms with Gasteiger partial charge in [-0.25, -0.2) is 9.97 Å². The fourth-order valence-electron chi connectivity index (χ4n) is 4.68. The highest BCUT2D eigenvalue weighted by atomic mass is 16.6. The van der Waals surface area contributed by atoms with Gasteiger partial charge < -0.3 is 10.6 Å². The van der Waals surface area contributed by atoms with E-state index in [0.29, 0.717) is 11.0 Å². The number of para-hydroxylation sites is 2. The summed E-state index contributed by atoms with van der Waals surface area (Å²) < 4.78 is 0. The number of nitrogens with one attached hydrogen (secondary N) is 2. The molecule has 2 amide bonds. The minimum Gasteiger partial charge on any atom is -0.320 e. The Labute approximate surface area is 255 Å². The molecule has 0 aliphatic heterocycles. The lowest BCUT2D eigenvalue weighted by atomic mass is 10.0. The van der Waals surface area contributed by atoms with Crippen LogP contribution >= 0.6 is 0 Å². The number of anilines is 2. The van der Waals surface area contributed by atoms with Crippen molar-refractivity contribution in [1.82, 2.24) is 9.97 Å². The van der Waals surface area contributed by atoms with Crippen LogP contribution in [0.1, 0.15) is 31.8 Å². The highest BCUT2D eigenvalue weighted by Gasteiger charge is 2.27. The molecule has 5 rings (SSSR count). The predicted molar refractivity (Wildman–Crippen MR) is 162 cm³/mol. The molecule has 0 atom stereocenters. The zero-order chi connectivity index (χ0) is 33.4. The predicted octanol–water partition coefficient (Wildman–Crippen LogP) is 5.54. The zero-order valence-electron chi connectivity index (χ0n) is 23.5. The van der Waals surface area contributed by atoms with E-state index in [0.717, 1.165) is 24.3 Å². The molecule has 0 radical (unpaired) electrons. The second kappa shape index (κ2) is 11.6. The number of carbonyl (C=O) groups excluding carboxylic acids is 2. The van der Waals surface area contributed by atoms with Gasteiger partial charge in [0.05, 0.1) is 76.4 Å². The van der Waals surface area contributed by atoms with Crippen molar-refractivity contribution in [1.29, 1.82) is 0 Å². The van der Waals surface area contributed by atoms with Crippen molar-refractivity contribution in [3.05, 3.63) is 123 Å². The molecule has 46 heavy (non-hydrogen) atoms. The normalized spacial score (nSPS) is 10.8. The number of benzene rings is 4. The Morgan fingerprint density at radius 3 is 1.26 bits per heavy atom. The van der Waals surface area contributed by atoms with E-state index in [2.05, 4.69) is 20.6 Å². The molecule has 0 unspecified atom stereocenters. The summed E-state index contributed by atoms with van der Waals surface area (Å²) in [5.41, 5.74) is -2.80. The lowest BCUT2D eigenvalue weighted by Gasteiger charge is -2.15. The first-order chi connectivity index (χ1) is 21.7.